The zero-order valence-corrected chi connectivity index (χ0v) is 41.1. The highest BCUT2D eigenvalue weighted by atomic mass is 16.6. The number of benzene rings is 6. The van der Waals surface area contributed by atoms with Crippen molar-refractivity contribution >= 4 is 58.9 Å². The molecule has 0 saturated heterocycles. The lowest BCUT2D eigenvalue weighted by molar-refractivity contribution is -0.112. The number of aryl methyl sites for hydroxylation is 2. The van der Waals surface area contributed by atoms with E-state index >= 15 is 0 Å². The fourth-order valence-corrected chi connectivity index (χ4v) is 7.82. The first-order valence-corrected chi connectivity index (χ1v) is 23.3. The molecule has 6 N–H and O–H groups in total. The molecule has 0 spiro atoms. The average Bonchev–Trinajstić information content (AvgIpc) is 3.95. The number of carbonyl (C=O) groups is 6. The molecule has 2 atom stereocenters. The molecule has 0 saturated carbocycles. The standard InChI is InChI=1S/C58H46N8O10/c1-35(39-11-6-5-7-12-39)75-58(74)63-54-51(42-25-19-38(20-26-42)22-32-50(68)61-48-16-9-8-15-46(48)56(71)72)52(64-66(54)4)43-29-27-40(28-30-43)36(2)76-57(73)62-53-47(34-59-65(53)3)41-23-17-37(18-24-41)21-31-49(67)60-45-14-10-13-44(33-45)55(69)70/h5-20,23-30,33-36H,1-4H3,(H,60,67)(H,61,68)(H,62,73)(H,63,74)(H,69,70)(H,71,72)/t35-,36-/m1/s1. The largest absolute Gasteiger partial charge is 0.478 e. The maximum absolute atomic E-state index is 13.5. The summed E-state index contributed by atoms with van der Waals surface area (Å²) in [6, 6.07) is 42.3. The van der Waals surface area contributed by atoms with Gasteiger partial charge in [0.25, 0.3) is 0 Å². The number of nitrogens with one attached hydrogen (secondary N) is 4. The number of hydrogen-bond donors (Lipinski definition) is 6. The van der Waals surface area contributed by atoms with Crippen LogP contribution in [-0.4, -0.2) is 65.7 Å². The van der Waals surface area contributed by atoms with Crippen LogP contribution in [0.4, 0.5) is 32.6 Å². The molecule has 0 aliphatic heterocycles. The van der Waals surface area contributed by atoms with Gasteiger partial charge in [0.2, 0.25) is 0 Å². The van der Waals surface area contributed by atoms with Crippen molar-refractivity contribution in [2.24, 2.45) is 14.1 Å². The third-order valence-electron chi connectivity index (χ3n) is 11.7. The number of carbonyl (C=O) groups excluding carboxylic acids is 4. The number of aromatic carboxylic acids is 2. The molecule has 0 aliphatic carbocycles. The van der Waals surface area contributed by atoms with Crippen LogP contribution in [0, 0.1) is 23.7 Å². The number of ether oxygens (including phenoxy) is 2. The second-order valence-corrected chi connectivity index (χ2v) is 16.9. The van der Waals surface area contributed by atoms with Crippen molar-refractivity contribution in [3.63, 3.8) is 0 Å². The molecule has 0 radical (unpaired) electrons. The zero-order chi connectivity index (χ0) is 53.9. The molecule has 2 heterocycles. The van der Waals surface area contributed by atoms with Gasteiger partial charge in [0.15, 0.2) is 0 Å². The highest BCUT2D eigenvalue weighted by molar-refractivity contribution is 6.08. The Balaban J connectivity index is 0.963. The summed E-state index contributed by atoms with van der Waals surface area (Å²) < 4.78 is 14.6. The van der Waals surface area contributed by atoms with Gasteiger partial charge in [0, 0.05) is 53.9 Å². The highest BCUT2D eigenvalue weighted by Crippen LogP contribution is 2.39. The Morgan fingerprint density at radius 1 is 0.553 bits per heavy atom. The maximum atomic E-state index is 13.5. The molecule has 76 heavy (non-hydrogen) atoms. The van der Waals surface area contributed by atoms with Gasteiger partial charge >= 0.3 is 35.9 Å². The maximum Gasteiger partial charge on any atom is 0.413 e. The first-order chi connectivity index (χ1) is 36.6. The highest BCUT2D eigenvalue weighted by Gasteiger charge is 2.24. The predicted molar refractivity (Wildman–Crippen MR) is 284 cm³/mol. The van der Waals surface area contributed by atoms with Crippen LogP contribution in [0.25, 0.3) is 33.5 Å². The van der Waals surface area contributed by atoms with E-state index in [4.69, 9.17) is 14.6 Å². The lowest BCUT2D eigenvalue weighted by Crippen LogP contribution is -2.18. The van der Waals surface area contributed by atoms with Gasteiger partial charge in [-0.2, -0.15) is 10.2 Å². The van der Waals surface area contributed by atoms with E-state index in [2.05, 4.69) is 50.0 Å². The summed E-state index contributed by atoms with van der Waals surface area (Å²) >= 11 is 0. The number of aromatic nitrogens is 4. The number of carboxylic acid groups (broad SMARTS) is 2. The molecule has 378 valence electrons. The summed E-state index contributed by atoms with van der Waals surface area (Å²) in [6.45, 7) is 3.49. The Morgan fingerprint density at radius 3 is 1.72 bits per heavy atom. The third-order valence-corrected chi connectivity index (χ3v) is 11.7. The molecular formula is C58H46N8O10. The summed E-state index contributed by atoms with van der Waals surface area (Å²) in [6.07, 6.45) is -1.14. The lowest BCUT2D eigenvalue weighted by Gasteiger charge is -2.16. The Morgan fingerprint density at radius 2 is 1.11 bits per heavy atom. The van der Waals surface area contributed by atoms with Crippen molar-refractivity contribution in [1.29, 1.82) is 0 Å². The van der Waals surface area contributed by atoms with Crippen LogP contribution in [0.3, 0.4) is 0 Å². The predicted octanol–water partition coefficient (Wildman–Crippen LogP) is 10.2. The van der Waals surface area contributed by atoms with Gasteiger partial charge in [0.05, 0.1) is 28.6 Å². The van der Waals surface area contributed by atoms with Gasteiger partial charge in [0.1, 0.15) is 29.5 Å². The van der Waals surface area contributed by atoms with Crippen molar-refractivity contribution in [2.75, 3.05) is 21.3 Å². The number of para-hydroxylation sites is 1. The number of amides is 4. The Hall–Kier alpha value is -10.7. The number of carboxylic acids is 2. The smallest absolute Gasteiger partial charge is 0.413 e. The van der Waals surface area contributed by atoms with Crippen molar-refractivity contribution in [3.8, 4) is 57.2 Å². The van der Waals surface area contributed by atoms with Crippen LogP contribution in [0.15, 0.2) is 158 Å². The number of nitrogens with zero attached hydrogens (tertiary/aromatic N) is 4. The first kappa shape index (κ1) is 51.6. The minimum Gasteiger partial charge on any atom is -0.478 e. The Bertz CT molecular complexity index is 3640. The molecule has 0 unspecified atom stereocenters. The van der Waals surface area contributed by atoms with E-state index in [0.29, 0.717) is 67.5 Å². The van der Waals surface area contributed by atoms with Crippen LogP contribution in [-0.2, 0) is 33.2 Å². The topological polar surface area (TPSA) is 245 Å². The average molecular weight is 1020 g/mol. The van der Waals surface area contributed by atoms with E-state index < -0.39 is 48.1 Å². The van der Waals surface area contributed by atoms with Crippen molar-refractivity contribution in [2.45, 2.75) is 26.1 Å². The van der Waals surface area contributed by atoms with E-state index in [9.17, 15) is 39.0 Å². The molecule has 8 aromatic rings. The summed E-state index contributed by atoms with van der Waals surface area (Å²) in [4.78, 5) is 75.0. The summed E-state index contributed by atoms with van der Waals surface area (Å²) in [7, 11) is 3.35. The molecule has 2 aromatic heterocycles. The summed E-state index contributed by atoms with van der Waals surface area (Å²) in [5.74, 6) is 7.67. The van der Waals surface area contributed by atoms with E-state index in [1.807, 2.05) is 42.5 Å². The fourth-order valence-electron chi connectivity index (χ4n) is 7.82. The van der Waals surface area contributed by atoms with Crippen LogP contribution in [0.5, 0.6) is 0 Å². The van der Waals surface area contributed by atoms with Crippen LogP contribution in [0.2, 0.25) is 0 Å². The molecule has 8 rings (SSSR count). The van der Waals surface area contributed by atoms with Crippen molar-refractivity contribution < 1.29 is 48.5 Å². The van der Waals surface area contributed by atoms with Gasteiger partial charge in [-0.05, 0) is 90.7 Å². The normalized spacial score (nSPS) is 11.3. The second-order valence-electron chi connectivity index (χ2n) is 16.9. The molecule has 4 amide bonds. The molecule has 0 aliphatic rings. The van der Waals surface area contributed by atoms with Crippen molar-refractivity contribution in [1.82, 2.24) is 19.6 Å². The first-order valence-electron chi connectivity index (χ1n) is 23.3. The quantitative estimate of drug-likeness (QED) is 0.0591. The van der Waals surface area contributed by atoms with Gasteiger partial charge < -0.3 is 30.3 Å². The molecular weight excluding hydrogens is 969 g/mol. The van der Waals surface area contributed by atoms with Gasteiger partial charge in [-0.3, -0.25) is 29.6 Å². The Labute approximate surface area is 435 Å². The van der Waals surface area contributed by atoms with E-state index in [0.717, 1.165) is 5.56 Å². The van der Waals surface area contributed by atoms with Gasteiger partial charge in [-0.25, -0.2) is 19.2 Å². The van der Waals surface area contributed by atoms with Crippen LogP contribution >= 0.6 is 0 Å². The summed E-state index contributed by atoms with van der Waals surface area (Å²) in [5, 5.41) is 38.6. The molecule has 0 bridgehead atoms. The number of hydrogen-bond acceptors (Lipinski definition) is 10. The SMILES string of the molecule is C[C@@H](OC(=O)Nc1c(-c2ccc(C#CC(=O)Nc3cccc(C(=O)O)c3)cc2)cnn1C)c1ccc(-c2nn(C)c(NC(=O)O[C@H](C)c3ccccc3)c2-c2ccc(C#CC(=O)Nc3ccccc3C(=O)O)cc2)cc1. The lowest BCUT2D eigenvalue weighted by atomic mass is 9.98. The molecule has 6 aromatic carbocycles. The Kier molecular flexibility index (Phi) is 15.8. The van der Waals surface area contributed by atoms with Crippen LogP contribution in [0.1, 0.15) is 69.0 Å². The van der Waals surface area contributed by atoms with E-state index in [1.54, 1.807) is 113 Å². The zero-order valence-electron chi connectivity index (χ0n) is 41.1. The molecule has 0 fully saturated rings. The van der Waals surface area contributed by atoms with E-state index in [1.165, 1.54) is 39.7 Å². The number of anilines is 4. The van der Waals surface area contributed by atoms with Gasteiger partial charge in [-0.15, -0.1) is 0 Å². The molecule has 18 nitrogen and oxygen atoms in total. The van der Waals surface area contributed by atoms with E-state index in [-0.39, 0.29) is 16.8 Å². The fraction of sp³-hybridized carbons (Fsp3) is 0.103. The monoisotopic (exact) mass is 1010 g/mol. The molecule has 18 heteroatoms. The minimum atomic E-state index is -1.19. The second kappa shape index (κ2) is 23.2. The van der Waals surface area contributed by atoms with Crippen molar-refractivity contribution in [3.05, 3.63) is 191 Å². The number of rotatable bonds is 13. The van der Waals surface area contributed by atoms with Crippen LogP contribution < -0.4 is 21.3 Å². The van der Waals surface area contributed by atoms with Gasteiger partial charge in [-0.1, -0.05) is 109 Å². The third kappa shape index (κ3) is 12.7. The summed E-state index contributed by atoms with van der Waals surface area (Å²) in [5.41, 5.74) is 6.49. The minimum absolute atomic E-state index is 0.0291.